The summed E-state index contributed by atoms with van der Waals surface area (Å²) in [6.07, 6.45) is 8.12. The monoisotopic (exact) mass is 238 g/mol. The zero-order chi connectivity index (χ0) is 12.1. The van der Waals surface area contributed by atoms with Gasteiger partial charge in [-0.15, -0.1) is 0 Å². The van der Waals surface area contributed by atoms with Gasteiger partial charge in [-0.25, -0.2) is 4.98 Å². The lowest BCUT2D eigenvalue weighted by Crippen LogP contribution is -2.44. The first-order valence-electron chi connectivity index (χ1n) is 6.31. The number of imidazole rings is 1. The van der Waals surface area contributed by atoms with Crippen LogP contribution in [0.25, 0.3) is 0 Å². The van der Waals surface area contributed by atoms with E-state index in [0.717, 1.165) is 38.3 Å². The fraction of sp³-hybridized carbons (Fsp3) is 0.750. The molecule has 1 saturated heterocycles. The van der Waals surface area contributed by atoms with E-state index in [1.807, 2.05) is 19.4 Å². The van der Waals surface area contributed by atoms with Gasteiger partial charge in [0.25, 0.3) is 0 Å². The average molecular weight is 238 g/mol. The highest BCUT2D eigenvalue weighted by atomic mass is 16.5. The molecule has 1 aliphatic rings. The number of hydrazine groups is 1. The minimum atomic E-state index is 0.326. The standard InChI is InChI=1S/C12H22N4O/c1-16-7-6-14-12(16)5-4-11(15-13)10-3-2-8-17-9-10/h6-7,10-11,15H,2-5,8-9,13H2,1H3. The second-order valence-electron chi connectivity index (χ2n) is 4.74. The molecule has 0 saturated carbocycles. The maximum atomic E-state index is 5.65. The molecule has 1 aromatic rings. The van der Waals surface area contributed by atoms with E-state index < -0.39 is 0 Å². The van der Waals surface area contributed by atoms with Crippen molar-refractivity contribution < 1.29 is 4.74 Å². The van der Waals surface area contributed by atoms with E-state index in [1.165, 1.54) is 6.42 Å². The molecule has 5 heteroatoms. The molecule has 17 heavy (non-hydrogen) atoms. The summed E-state index contributed by atoms with van der Waals surface area (Å²) in [4.78, 5) is 4.33. The van der Waals surface area contributed by atoms with E-state index >= 15 is 0 Å². The van der Waals surface area contributed by atoms with E-state index in [-0.39, 0.29) is 0 Å². The molecule has 1 aromatic heterocycles. The second kappa shape index (κ2) is 6.14. The normalized spacial score (nSPS) is 22.6. The number of hydrogen-bond donors (Lipinski definition) is 2. The number of nitrogens with one attached hydrogen (secondary N) is 1. The van der Waals surface area contributed by atoms with Crippen LogP contribution in [0.15, 0.2) is 12.4 Å². The van der Waals surface area contributed by atoms with Crippen LogP contribution in [0.5, 0.6) is 0 Å². The van der Waals surface area contributed by atoms with Gasteiger partial charge in [0.05, 0.1) is 6.61 Å². The van der Waals surface area contributed by atoms with E-state index in [4.69, 9.17) is 10.6 Å². The first-order valence-corrected chi connectivity index (χ1v) is 6.31. The Morgan fingerprint density at radius 2 is 2.59 bits per heavy atom. The summed E-state index contributed by atoms with van der Waals surface area (Å²) >= 11 is 0. The van der Waals surface area contributed by atoms with Crippen LogP contribution in [0.2, 0.25) is 0 Å². The molecular weight excluding hydrogens is 216 g/mol. The molecule has 0 spiro atoms. The quantitative estimate of drug-likeness (QED) is 0.583. The molecule has 2 heterocycles. The lowest BCUT2D eigenvalue weighted by molar-refractivity contribution is 0.0379. The van der Waals surface area contributed by atoms with Crippen LogP contribution in [-0.2, 0) is 18.2 Å². The van der Waals surface area contributed by atoms with Crippen molar-refractivity contribution in [3.8, 4) is 0 Å². The SMILES string of the molecule is Cn1ccnc1CCC(NN)C1CCCOC1. The average Bonchev–Trinajstić information content (AvgIpc) is 2.77. The third-order valence-corrected chi connectivity index (χ3v) is 3.58. The van der Waals surface area contributed by atoms with Crippen molar-refractivity contribution in [3.63, 3.8) is 0 Å². The Morgan fingerprint density at radius 1 is 1.71 bits per heavy atom. The van der Waals surface area contributed by atoms with Crippen LogP contribution in [0.1, 0.15) is 25.1 Å². The summed E-state index contributed by atoms with van der Waals surface area (Å²) in [6.45, 7) is 1.72. The van der Waals surface area contributed by atoms with E-state index in [9.17, 15) is 0 Å². The van der Waals surface area contributed by atoms with Crippen molar-refractivity contribution >= 4 is 0 Å². The molecule has 3 N–H and O–H groups in total. The Kier molecular flexibility index (Phi) is 4.53. The zero-order valence-corrected chi connectivity index (χ0v) is 10.4. The summed E-state index contributed by atoms with van der Waals surface area (Å²) in [5, 5.41) is 0. The number of nitrogens with zero attached hydrogens (tertiary/aromatic N) is 2. The van der Waals surface area contributed by atoms with E-state index in [0.29, 0.717) is 12.0 Å². The number of aryl methyl sites for hydroxylation is 2. The van der Waals surface area contributed by atoms with Gasteiger partial charge in [0, 0.05) is 38.5 Å². The topological polar surface area (TPSA) is 65.1 Å². The third kappa shape index (κ3) is 3.28. The lowest BCUT2D eigenvalue weighted by atomic mass is 9.91. The fourth-order valence-electron chi connectivity index (χ4n) is 2.46. The number of nitrogens with two attached hydrogens (primary N) is 1. The highest BCUT2D eigenvalue weighted by Crippen LogP contribution is 2.20. The van der Waals surface area contributed by atoms with Crippen LogP contribution >= 0.6 is 0 Å². The molecular formula is C12H22N4O. The van der Waals surface area contributed by atoms with E-state index in [2.05, 4.69) is 15.0 Å². The third-order valence-electron chi connectivity index (χ3n) is 3.58. The molecule has 0 aromatic carbocycles. The molecule has 2 unspecified atom stereocenters. The summed E-state index contributed by atoms with van der Waals surface area (Å²) in [6, 6.07) is 0.326. The molecule has 96 valence electrons. The molecule has 0 bridgehead atoms. The lowest BCUT2D eigenvalue weighted by Gasteiger charge is -2.29. The van der Waals surface area contributed by atoms with Gasteiger partial charge in [-0.3, -0.25) is 11.3 Å². The van der Waals surface area contributed by atoms with Crippen molar-refractivity contribution in [2.45, 2.75) is 31.7 Å². The van der Waals surface area contributed by atoms with Crippen molar-refractivity contribution in [3.05, 3.63) is 18.2 Å². The van der Waals surface area contributed by atoms with Gasteiger partial charge in [-0.1, -0.05) is 0 Å². The first kappa shape index (κ1) is 12.5. The van der Waals surface area contributed by atoms with Crippen molar-refractivity contribution in [2.75, 3.05) is 13.2 Å². The number of hydrogen-bond acceptors (Lipinski definition) is 4. The van der Waals surface area contributed by atoms with Gasteiger partial charge in [0.1, 0.15) is 5.82 Å². The molecule has 2 rings (SSSR count). The predicted molar refractivity (Wildman–Crippen MR) is 66.2 cm³/mol. The largest absolute Gasteiger partial charge is 0.381 e. The summed E-state index contributed by atoms with van der Waals surface area (Å²) < 4.78 is 7.57. The highest BCUT2D eigenvalue weighted by Gasteiger charge is 2.23. The highest BCUT2D eigenvalue weighted by molar-refractivity contribution is 4.92. The Bertz CT molecular complexity index is 333. The Hall–Kier alpha value is -0.910. The van der Waals surface area contributed by atoms with Gasteiger partial charge in [-0.05, 0) is 25.2 Å². The summed E-state index contributed by atoms with van der Waals surface area (Å²) in [7, 11) is 2.02. The van der Waals surface area contributed by atoms with Gasteiger partial charge < -0.3 is 9.30 Å². The Balaban J connectivity index is 1.84. The van der Waals surface area contributed by atoms with Gasteiger partial charge in [0.2, 0.25) is 0 Å². The predicted octanol–water partition coefficient (Wildman–Crippen LogP) is 0.611. The molecule has 0 radical (unpaired) electrons. The minimum Gasteiger partial charge on any atom is -0.381 e. The molecule has 0 amide bonds. The Labute approximate surface area is 102 Å². The van der Waals surface area contributed by atoms with Crippen molar-refractivity contribution in [1.82, 2.24) is 15.0 Å². The van der Waals surface area contributed by atoms with Crippen LogP contribution in [0.3, 0.4) is 0 Å². The minimum absolute atomic E-state index is 0.326. The number of ether oxygens (including phenoxy) is 1. The Morgan fingerprint density at radius 3 is 3.18 bits per heavy atom. The van der Waals surface area contributed by atoms with Crippen LogP contribution in [-0.4, -0.2) is 28.8 Å². The van der Waals surface area contributed by atoms with Gasteiger partial charge in [0.15, 0.2) is 0 Å². The molecule has 2 atom stereocenters. The van der Waals surface area contributed by atoms with Crippen LogP contribution in [0.4, 0.5) is 0 Å². The fourth-order valence-corrected chi connectivity index (χ4v) is 2.46. The summed E-state index contributed by atoms with van der Waals surface area (Å²) in [5.74, 6) is 7.30. The van der Waals surface area contributed by atoms with Crippen LogP contribution < -0.4 is 11.3 Å². The molecule has 1 aliphatic heterocycles. The number of rotatable bonds is 5. The van der Waals surface area contributed by atoms with Gasteiger partial charge in [-0.2, -0.15) is 0 Å². The first-order chi connectivity index (χ1) is 8.31. The van der Waals surface area contributed by atoms with Gasteiger partial charge >= 0.3 is 0 Å². The van der Waals surface area contributed by atoms with Crippen LogP contribution in [0, 0.1) is 5.92 Å². The van der Waals surface area contributed by atoms with Crippen molar-refractivity contribution in [1.29, 1.82) is 0 Å². The van der Waals surface area contributed by atoms with Crippen molar-refractivity contribution in [2.24, 2.45) is 18.8 Å². The zero-order valence-electron chi connectivity index (χ0n) is 10.4. The van der Waals surface area contributed by atoms with E-state index in [1.54, 1.807) is 0 Å². The maximum absolute atomic E-state index is 5.65. The number of aromatic nitrogens is 2. The molecule has 0 aliphatic carbocycles. The summed E-state index contributed by atoms with van der Waals surface area (Å²) in [5.41, 5.74) is 2.94. The second-order valence-corrected chi connectivity index (χ2v) is 4.74. The molecule has 1 fully saturated rings. The maximum Gasteiger partial charge on any atom is 0.108 e. The molecule has 5 nitrogen and oxygen atoms in total. The smallest absolute Gasteiger partial charge is 0.108 e.